The first-order valence-electron chi connectivity index (χ1n) is 13.8. The molecule has 1 aromatic carbocycles. The van der Waals surface area contributed by atoms with Gasteiger partial charge in [-0.3, -0.25) is 14.5 Å². The average molecular weight is 527 g/mol. The summed E-state index contributed by atoms with van der Waals surface area (Å²) in [4.78, 5) is 34.7. The Balaban J connectivity index is 1.54. The van der Waals surface area contributed by atoms with Gasteiger partial charge in [0, 0.05) is 75.0 Å². The van der Waals surface area contributed by atoms with Crippen LogP contribution in [-0.2, 0) is 14.3 Å². The third-order valence-electron chi connectivity index (χ3n) is 7.70. The number of nitrogens with zero attached hydrogens (tertiary/aromatic N) is 3. The summed E-state index contributed by atoms with van der Waals surface area (Å²) in [7, 11) is 0. The van der Waals surface area contributed by atoms with Gasteiger partial charge in [-0.05, 0) is 58.2 Å². The zero-order valence-electron chi connectivity index (χ0n) is 23.3. The Morgan fingerprint density at radius 2 is 1.84 bits per heavy atom. The van der Waals surface area contributed by atoms with Crippen LogP contribution in [0.15, 0.2) is 28.8 Å². The van der Waals surface area contributed by atoms with E-state index in [2.05, 4.69) is 33.1 Å². The van der Waals surface area contributed by atoms with Gasteiger partial charge in [0.2, 0.25) is 0 Å². The van der Waals surface area contributed by atoms with Crippen LogP contribution in [0, 0.1) is 12.8 Å². The topological polar surface area (TPSA) is 92.7 Å². The van der Waals surface area contributed by atoms with Gasteiger partial charge in [0.25, 0.3) is 11.8 Å². The van der Waals surface area contributed by atoms with Gasteiger partial charge in [-0.15, -0.1) is 0 Å². The molecule has 1 N–H and O–H groups in total. The summed E-state index contributed by atoms with van der Waals surface area (Å²) in [5.74, 6) is -0.182. The molecule has 0 spiro atoms. The lowest BCUT2D eigenvalue weighted by atomic mass is 9.95. The third kappa shape index (κ3) is 7.01. The maximum atomic E-state index is 13.5. The van der Waals surface area contributed by atoms with Gasteiger partial charge in [-0.1, -0.05) is 5.57 Å². The van der Waals surface area contributed by atoms with E-state index in [0.29, 0.717) is 29.7 Å². The molecule has 0 aromatic heterocycles. The van der Waals surface area contributed by atoms with E-state index < -0.39 is 5.92 Å². The van der Waals surface area contributed by atoms with E-state index in [4.69, 9.17) is 14.2 Å². The number of ether oxygens (including phenoxy) is 3. The normalized spacial score (nSPS) is 21.1. The molecular formula is C29H42N4O5. The average Bonchev–Trinajstić information content (AvgIpc) is 2.91. The number of nitrogens with one attached hydrogen (secondary N) is 1. The van der Waals surface area contributed by atoms with E-state index in [0.717, 1.165) is 82.3 Å². The smallest absolute Gasteiger partial charge is 0.254 e. The van der Waals surface area contributed by atoms with Crippen molar-refractivity contribution in [3.63, 3.8) is 0 Å². The highest BCUT2D eigenvalue weighted by molar-refractivity contribution is 6.06. The highest BCUT2D eigenvalue weighted by Crippen LogP contribution is 2.33. The standard InChI is InChI=1S/C29H42N4O5/c1-5-33(23-6-11-36-12-7-23)27-18-24(38-15-10-32-8-13-37-14-9-32)17-25(22(27)4)28(34)30-19-26-20(2)16-21(3)31-29(26)35/h16-18,23,26H,5-15,19H2,1-4H3,(H,30,34). The van der Waals surface area contributed by atoms with Gasteiger partial charge in [-0.2, -0.15) is 0 Å². The van der Waals surface area contributed by atoms with E-state index in [1.54, 1.807) is 0 Å². The summed E-state index contributed by atoms with van der Waals surface area (Å²) in [6, 6.07) is 4.25. The van der Waals surface area contributed by atoms with Gasteiger partial charge in [0.1, 0.15) is 12.4 Å². The molecule has 0 saturated carbocycles. The minimum absolute atomic E-state index is 0.211. The first kappa shape index (κ1) is 28.3. The van der Waals surface area contributed by atoms with E-state index in [1.165, 1.54) is 0 Å². The van der Waals surface area contributed by atoms with Gasteiger partial charge in [0.05, 0.1) is 19.1 Å². The molecule has 38 heavy (non-hydrogen) atoms. The lowest BCUT2D eigenvalue weighted by Gasteiger charge is -2.37. The number of allylic oxidation sites excluding steroid dienone is 1. The van der Waals surface area contributed by atoms with Crippen molar-refractivity contribution >= 4 is 23.2 Å². The number of rotatable bonds is 10. The second kappa shape index (κ2) is 13.4. The molecule has 3 heterocycles. The second-order valence-electron chi connectivity index (χ2n) is 10.3. The first-order chi connectivity index (χ1) is 18.4. The van der Waals surface area contributed by atoms with Crippen LogP contribution in [-0.4, -0.2) is 94.2 Å². The van der Waals surface area contributed by atoms with E-state index in [-0.39, 0.29) is 18.4 Å². The highest BCUT2D eigenvalue weighted by Gasteiger charge is 2.27. The van der Waals surface area contributed by atoms with E-state index in [9.17, 15) is 9.59 Å². The maximum absolute atomic E-state index is 13.5. The molecule has 1 atom stereocenters. The van der Waals surface area contributed by atoms with Gasteiger partial charge in [0.15, 0.2) is 0 Å². The van der Waals surface area contributed by atoms with Crippen molar-refractivity contribution in [2.24, 2.45) is 10.9 Å². The van der Waals surface area contributed by atoms with Crippen LogP contribution < -0.4 is 15.0 Å². The molecule has 0 radical (unpaired) electrons. The van der Waals surface area contributed by atoms with Crippen molar-refractivity contribution in [3.05, 3.63) is 34.9 Å². The maximum Gasteiger partial charge on any atom is 0.254 e. The fourth-order valence-electron chi connectivity index (χ4n) is 5.48. The Labute approximate surface area is 226 Å². The Morgan fingerprint density at radius 3 is 2.53 bits per heavy atom. The predicted octanol–water partition coefficient (Wildman–Crippen LogP) is 3.00. The summed E-state index contributed by atoms with van der Waals surface area (Å²) in [6.07, 6.45) is 3.80. The number of carbonyl (C=O) groups excluding carboxylic acids is 2. The number of benzene rings is 1. The summed E-state index contributed by atoms with van der Waals surface area (Å²) in [6.45, 7) is 15.0. The number of morpholine rings is 1. The van der Waals surface area contributed by atoms with Crippen LogP contribution in [0.25, 0.3) is 0 Å². The van der Waals surface area contributed by atoms with Crippen molar-refractivity contribution in [3.8, 4) is 5.75 Å². The van der Waals surface area contributed by atoms with Crippen molar-refractivity contribution < 1.29 is 23.8 Å². The zero-order valence-corrected chi connectivity index (χ0v) is 23.3. The zero-order chi connectivity index (χ0) is 27.1. The molecule has 208 valence electrons. The molecule has 4 rings (SSSR count). The monoisotopic (exact) mass is 526 g/mol. The van der Waals surface area contributed by atoms with Crippen molar-refractivity contribution in [1.82, 2.24) is 10.2 Å². The molecule has 9 nitrogen and oxygen atoms in total. The van der Waals surface area contributed by atoms with Crippen LogP contribution in [0.1, 0.15) is 49.5 Å². The lowest BCUT2D eigenvalue weighted by molar-refractivity contribution is -0.120. The number of hydrogen-bond donors (Lipinski definition) is 1. The van der Waals surface area contributed by atoms with Crippen LogP contribution in [0.5, 0.6) is 5.75 Å². The molecule has 0 bridgehead atoms. The second-order valence-corrected chi connectivity index (χ2v) is 10.3. The molecular weight excluding hydrogens is 484 g/mol. The number of aliphatic imine (C=N–C) groups is 1. The Morgan fingerprint density at radius 1 is 1.13 bits per heavy atom. The molecule has 1 unspecified atom stereocenters. The van der Waals surface area contributed by atoms with Gasteiger partial charge < -0.3 is 24.4 Å². The van der Waals surface area contributed by atoms with E-state index in [1.807, 2.05) is 32.9 Å². The minimum atomic E-state index is -0.440. The number of carbonyl (C=O) groups is 2. The molecule has 2 amide bonds. The van der Waals surface area contributed by atoms with Crippen LogP contribution in [0.3, 0.4) is 0 Å². The summed E-state index contributed by atoms with van der Waals surface area (Å²) in [5.41, 5.74) is 4.10. The van der Waals surface area contributed by atoms with Crippen LogP contribution >= 0.6 is 0 Å². The van der Waals surface area contributed by atoms with Crippen molar-refractivity contribution in [2.75, 3.05) is 70.7 Å². The Bertz CT molecular complexity index is 1060. The Kier molecular flexibility index (Phi) is 9.93. The molecule has 2 saturated heterocycles. The number of anilines is 1. The molecule has 3 aliphatic heterocycles. The molecule has 1 aromatic rings. The Hall–Kier alpha value is -2.75. The molecule has 2 fully saturated rings. The summed E-state index contributed by atoms with van der Waals surface area (Å²) >= 11 is 0. The third-order valence-corrected chi connectivity index (χ3v) is 7.70. The van der Waals surface area contributed by atoms with Crippen LogP contribution in [0.2, 0.25) is 0 Å². The molecule has 0 aliphatic carbocycles. The van der Waals surface area contributed by atoms with E-state index >= 15 is 0 Å². The minimum Gasteiger partial charge on any atom is -0.492 e. The van der Waals surface area contributed by atoms with Crippen LogP contribution in [0.4, 0.5) is 5.69 Å². The SMILES string of the molecule is CCN(c1cc(OCCN2CCOCC2)cc(C(=O)NCC2C(=O)N=C(C)C=C2C)c1C)C1CCOCC1. The quantitative estimate of drug-likeness (QED) is 0.501. The number of dihydropyridines is 1. The number of hydrogen-bond acceptors (Lipinski definition) is 7. The van der Waals surface area contributed by atoms with Crippen molar-refractivity contribution in [1.29, 1.82) is 0 Å². The van der Waals surface area contributed by atoms with Gasteiger partial charge in [-0.25, -0.2) is 4.99 Å². The first-order valence-corrected chi connectivity index (χ1v) is 13.8. The summed E-state index contributed by atoms with van der Waals surface area (Å²) in [5, 5.41) is 3.00. The fourth-order valence-corrected chi connectivity index (χ4v) is 5.48. The van der Waals surface area contributed by atoms with Crippen molar-refractivity contribution in [2.45, 2.75) is 46.6 Å². The molecule has 9 heteroatoms. The highest BCUT2D eigenvalue weighted by atomic mass is 16.5. The number of amides is 2. The predicted molar refractivity (Wildman–Crippen MR) is 148 cm³/mol. The summed E-state index contributed by atoms with van der Waals surface area (Å²) < 4.78 is 17.3. The fraction of sp³-hybridized carbons (Fsp3) is 0.621. The lowest BCUT2D eigenvalue weighted by Crippen LogP contribution is -2.40. The largest absolute Gasteiger partial charge is 0.492 e. The molecule has 3 aliphatic rings. The van der Waals surface area contributed by atoms with Gasteiger partial charge >= 0.3 is 0 Å².